The van der Waals surface area contributed by atoms with Gasteiger partial charge in [-0.15, -0.1) is 12.4 Å². The molecule has 0 bridgehead atoms. The molecule has 6 nitrogen and oxygen atoms in total. The van der Waals surface area contributed by atoms with Crippen molar-refractivity contribution in [2.45, 2.75) is 17.9 Å². The Bertz CT molecular complexity index is 529. The third kappa shape index (κ3) is 6.23. The SMILES string of the molecule is C[C@@H](N)C(=O)NCCOc1ccc(S(C)(=O)=O)cc1.Cl. The maximum Gasteiger partial charge on any atom is 0.236 e. The Balaban J connectivity index is 0.00000361. The largest absolute Gasteiger partial charge is 0.492 e. The minimum atomic E-state index is -3.19. The lowest BCUT2D eigenvalue weighted by Crippen LogP contribution is -2.40. The highest BCUT2D eigenvalue weighted by atomic mass is 35.5. The highest BCUT2D eigenvalue weighted by Gasteiger charge is 2.07. The summed E-state index contributed by atoms with van der Waals surface area (Å²) in [5, 5.41) is 2.60. The van der Waals surface area contributed by atoms with Crippen LogP contribution in [0.25, 0.3) is 0 Å². The summed E-state index contributed by atoms with van der Waals surface area (Å²) in [6.07, 6.45) is 1.15. The van der Waals surface area contributed by atoms with Gasteiger partial charge in [0, 0.05) is 6.26 Å². The van der Waals surface area contributed by atoms with Crippen molar-refractivity contribution in [2.75, 3.05) is 19.4 Å². The molecular formula is C12H19ClN2O4S. The number of nitrogens with two attached hydrogens (primary N) is 1. The third-order valence-electron chi connectivity index (χ3n) is 2.34. The molecule has 8 heteroatoms. The summed E-state index contributed by atoms with van der Waals surface area (Å²) in [5.41, 5.74) is 5.38. The van der Waals surface area contributed by atoms with Gasteiger partial charge >= 0.3 is 0 Å². The van der Waals surface area contributed by atoms with Gasteiger partial charge in [0.2, 0.25) is 5.91 Å². The topological polar surface area (TPSA) is 98.5 Å². The second kappa shape index (κ2) is 8.08. The maximum absolute atomic E-state index is 11.2. The van der Waals surface area contributed by atoms with Gasteiger partial charge in [0.25, 0.3) is 0 Å². The molecule has 0 saturated heterocycles. The quantitative estimate of drug-likeness (QED) is 0.737. The van der Waals surface area contributed by atoms with E-state index in [1.54, 1.807) is 19.1 Å². The summed E-state index contributed by atoms with van der Waals surface area (Å²) in [5.74, 6) is 0.304. The van der Waals surface area contributed by atoms with E-state index in [2.05, 4.69) is 5.32 Å². The lowest BCUT2D eigenvalue weighted by Gasteiger charge is -2.09. The summed E-state index contributed by atoms with van der Waals surface area (Å²) >= 11 is 0. The number of carbonyl (C=O) groups excluding carboxylic acids is 1. The van der Waals surface area contributed by atoms with Crippen LogP contribution in [0.4, 0.5) is 0 Å². The Kier molecular flexibility index (Phi) is 7.55. The molecule has 1 aromatic carbocycles. The summed E-state index contributed by atoms with van der Waals surface area (Å²) in [7, 11) is -3.19. The molecule has 20 heavy (non-hydrogen) atoms. The van der Waals surface area contributed by atoms with Crippen LogP contribution in [-0.2, 0) is 14.6 Å². The number of ether oxygens (including phenoxy) is 1. The zero-order chi connectivity index (χ0) is 14.5. The number of amides is 1. The van der Waals surface area contributed by atoms with Gasteiger partial charge in [-0.05, 0) is 31.2 Å². The first-order valence-electron chi connectivity index (χ1n) is 5.77. The average molecular weight is 323 g/mol. The van der Waals surface area contributed by atoms with Crippen molar-refractivity contribution in [1.29, 1.82) is 0 Å². The molecule has 0 saturated carbocycles. The fraction of sp³-hybridized carbons (Fsp3) is 0.417. The lowest BCUT2D eigenvalue weighted by molar-refractivity contribution is -0.122. The summed E-state index contributed by atoms with van der Waals surface area (Å²) in [6.45, 7) is 2.23. The minimum absolute atomic E-state index is 0. The van der Waals surface area contributed by atoms with Gasteiger partial charge in [-0.25, -0.2) is 8.42 Å². The van der Waals surface area contributed by atoms with E-state index in [1.165, 1.54) is 12.1 Å². The predicted octanol–water partition coefficient (Wildman–Crippen LogP) is 0.354. The number of halogens is 1. The second-order valence-electron chi connectivity index (χ2n) is 4.17. The molecule has 1 amide bonds. The number of benzene rings is 1. The molecule has 0 aliphatic carbocycles. The Morgan fingerprint density at radius 1 is 1.35 bits per heavy atom. The van der Waals surface area contributed by atoms with Crippen molar-refractivity contribution >= 4 is 28.2 Å². The smallest absolute Gasteiger partial charge is 0.236 e. The first-order chi connectivity index (χ1) is 8.80. The molecule has 0 heterocycles. The van der Waals surface area contributed by atoms with Crippen LogP contribution in [0.2, 0.25) is 0 Å². The van der Waals surface area contributed by atoms with Gasteiger partial charge in [0.05, 0.1) is 17.5 Å². The highest BCUT2D eigenvalue weighted by molar-refractivity contribution is 7.90. The Labute approximate surface area is 125 Å². The zero-order valence-electron chi connectivity index (χ0n) is 11.3. The lowest BCUT2D eigenvalue weighted by atomic mass is 10.3. The third-order valence-corrected chi connectivity index (χ3v) is 3.46. The first-order valence-corrected chi connectivity index (χ1v) is 7.66. The normalized spacial score (nSPS) is 12.2. The molecule has 114 valence electrons. The molecule has 0 spiro atoms. The number of nitrogens with one attached hydrogen (secondary N) is 1. The molecule has 0 aliphatic heterocycles. The van der Waals surface area contributed by atoms with E-state index in [0.717, 1.165) is 6.26 Å². The van der Waals surface area contributed by atoms with Crippen molar-refractivity contribution in [3.05, 3.63) is 24.3 Å². The number of carbonyl (C=O) groups is 1. The number of rotatable bonds is 6. The van der Waals surface area contributed by atoms with E-state index in [4.69, 9.17) is 10.5 Å². The standard InChI is InChI=1S/C12H18N2O4S.ClH/c1-9(13)12(15)14-7-8-18-10-3-5-11(6-4-10)19(2,16)17;/h3-6,9H,7-8,13H2,1-2H3,(H,14,15);1H/t9-;/m1./s1. The molecule has 0 fully saturated rings. The van der Waals surface area contributed by atoms with Crippen LogP contribution in [0.15, 0.2) is 29.2 Å². The monoisotopic (exact) mass is 322 g/mol. The van der Waals surface area contributed by atoms with E-state index < -0.39 is 15.9 Å². The maximum atomic E-state index is 11.2. The summed E-state index contributed by atoms with van der Waals surface area (Å²) in [4.78, 5) is 11.4. The zero-order valence-corrected chi connectivity index (χ0v) is 13.0. The van der Waals surface area contributed by atoms with Gasteiger partial charge in [-0.2, -0.15) is 0 Å². The fourth-order valence-corrected chi connectivity index (χ4v) is 1.92. The van der Waals surface area contributed by atoms with Crippen molar-refractivity contribution in [3.63, 3.8) is 0 Å². The molecule has 3 N–H and O–H groups in total. The van der Waals surface area contributed by atoms with Crippen molar-refractivity contribution in [2.24, 2.45) is 5.73 Å². The Morgan fingerprint density at radius 3 is 2.35 bits per heavy atom. The minimum Gasteiger partial charge on any atom is -0.492 e. The van der Waals surface area contributed by atoms with Crippen molar-refractivity contribution in [3.8, 4) is 5.75 Å². The fourth-order valence-electron chi connectivity index (χ4n) is 1.29. The van der Waals surface area contributed by atoms with E-state index in [9.17, 15) is 13.2 Å². The number of hydrogen-bond donors (Lipinski definition) is 2. The summed E-state index contributed by atoms with van der Waals surface area (Å²) < 4.78 is 27.8. The van der Waals surface area contributed by atoms with Crippen molar-refractivity contribution < 1.29 is 17.9 Å². The van der Waals surface area contributed by atoms with Crippen LogP contribution in [-0.4, -0.2) is 39.8 Å². The number of sulfone groups is 1. The van der Waals surface area contributed by atoms with Crippen LogP contribution in [0.3, 0.4) is 0 Å². The molecule has 0 unspecified atom stereocenters. The average Bonchev–Trinajstić information content (AvgIpc) is 2.33. The van der Waals surface area contributed by atoms with Crippen LogP contribution < -0.4 is 15.8 Å². The Morgan fingerprint density at radius 2 is 1.90 bits per heavy atom. The molecular weight excluding hydrogens is 304 g/mol. The van der Waals surface area contributed by atoms with Crippen LogP contribution in [0.5, 0.6) is 5.75 Å². The van der Waals surface area contributed by atoms with Gasteiger partial charge < -0.3 is 15.8 Å². The molecule has 0 aromatic heterocycles. The molecule has 1 atom stereocenters. The molecule has 0 aliphatic rings. The molecule has 1 rings (SSSR count). The van der Waals surface area contributed by atoms with Gasteiger partial charge in [0.15, 0.2) is 9.84 Å². The van der Waals surface area contributed by atoms with Crippen LogP contribution in [0.1, 0.15) is 6.92 Å². The van der Waals surface area contributed by atoms with Gasteiger partial charge in [-0.3, -0.25) is 4.79 Å². The van der Waals surface area contributed by atoms with Gasteiger partial charge in [0.1, 0.15) is 12.4 Å². The summed E-state index contributed by atoms with van der Waals surface area (Å²) in [6, 6.07) is 5.55. The van der Waals surface area contributed by atoms with E-state index >= 15 is 0 Å². The molecule has 1 aromatic rings. The predicted molar refractivity (Wildman–Crippen MR) is 79.0 cm³/mol. The van der Waals surface area contributed by atoms with E-state index in [0.29, 0.717) is 12.3 Å². The second-order valence-corrected chi connectivity index (χ2v) is 6.19. The highest BCUT2D eigenvalue weighted by Crippen LogP contribution is 2.15. The van der Waals surface area contributed by atoms with Crippen LogP contribution >= 0.6 is 12.4 Å². The van der Waals surface area contributed by atoms with E-state index in [1.807, 2.05) is 0 Å². The Hall–Kier alpha value is -1.31. The van der Waals surface area contributed by atoms with E-state index in [-0.39, 0.29) is 29.8 Å². The van der Waals surface area contributed by atoms with Gasteiger partial charge in [-0.1, -0.05) is 0 Å². The number of hydrogen-bond acceptors (Lipinski definition) is 5. The first kappa shape index (κ1) is 18.7. The van der Waals surface area contributed by atoms with Crippen molar-refractivity contribution in [1.82, 2.24) is 5.32 Å². The molecule has 0 radical (unpaired) electrons. The van der Waals surface area contributed by atoms with Crippen LogP contribution in [0, 0.1) is 0 Å².